The monoisotopic (exact) mass is 258 g/mol. The third-order valence-corrected chi connectivity index (χ3v) is 3.50. The number of aliphatic hydroxyl groups excluding tert-OH is 1. The van der Waals surface area contributed by atoms with Gasteiger partial charge in [-0.05, 0) is 47.7 Å². The maximum Gasteiger partial charge on any atom is 0.122 e. The summed E-state index contributed by atoms with van der Waals surface area (Å²) < 4.78 is 5.49. The van der Waals surface area contributed by atoms with Gasteiger partial charge < -0.3 is 9.84 Å². The smallest absolute Gasteiger partial charge is 0.122 e. The lowest BCUT2D eigenvalue weighted by molar-refractivity contribution is 0.282. The number of unbranched alkanes of at least 4 members (excludes halogenated alkanes) is 3. The van der Waals surface area contributed by atoms with Crippen molar-refractivity contribution in [2.75, 3.05) is 13.7 Å². The lowest BCUT2D eigenvalue weighted by Crippen LogP contribution is -1.93. The van der Waals surface area contributed by atoms with E-state index in [1.54, 1.807) is 7.11 Å². The fourth-order valence-corrected chi connectivity index (χ4v) is 2.43. The summed E-state index contributed by atoms with van der Waals surface area (Å²) in [5.41, 5.74) is 1.28. The van der Waals surface area contributed by atoms with E-state index in [2.05, 4.69) is 36.4 Å². The predicted molar refractivity (Wildman–Crippen MR) is 79.8 cm³/mol. The van der Waals surface area contributed by atoms with Gasteiger partial charge in [-0.15, -0.1) is 0 Å². The minimum atomic E-state index is 0.305. The standard InChI is InChI=1S/C17H22O2/c1-19-17-13-15-9-6-5-8-14(15)12-16(17)10-4-2-3-7-11-18/h5-6,8-9,12-13,18H,2-4,7,10-11H2,1H3. The summed E-state index contributed by atoms with van der Waals surface area (Å²) in [5, 5.41) is 11.3. The maximum absolute atomic E-state index is 8.76. The molecule has 19 heavy (non-hydrogen) atoms. The fraction of sp³-hybridized carbons (Fsp3) is 0.412. The van der Waals surface area contributed by atoms with E-state index in [4.69, 9.17) is 9.84 Å². The second-order valence-corrected chi connectivity index (χ2v) is 4.90. The van der Waals surface area contributed by atoms with Crippen LogP contribution in [0.4, 0.5) is 0 Å². The average molecular weight is 258 g/mol. The molecule has 0 atom stereocenters. The van der Waals surface area contributed by atoms with Gasteiger partial charge in [0.25, 0.3) is 0 Å². The van der Waals surface area contributed by atoms with Gasteiger partial charge in [0.2, 0.25) is 0 Å². The van der Waals surface area contributed by atoms with E-state index in [9.17, 15) is 0 Å². The largest absolute Gasteiger partial charge is 0.496 e. The van der Waals surface area contributed by atoms with E-state index in [0.717, 1.165) is 37.9 Å². The molecule has 0 aliphatic heterocycles. The van der Waals surface area contributed by atoms with Crippen LogP contribution >= 0.6 is 0 Å². The van der Waals surface area contributed by atoms with Gasteiger partial charge in [0.1, 0.15) is 5.75 Å². The highest BCUT2D eigenvalue weighted by atomic mass is 16.5. The lowest BCUT2D eigenvalue weighted by Gasteiger charge is -2.10. The molecule has 0 aromatic heterocycles. The topological polar surface area (TPSA) is 29.5 Å². The molecule has 0 saturated carbocycles. The number of fused-ring (bicyclic) bond motifs is 1. The molecule has 0 radical (unpaired) electrons. The summed E-state index contributed by atoms with van der Waals surface area (Å²) in [6, 6.07) is 12.7. The first-order valence-corrected chi connectivity index (χ1v) is 7.01. The molecule has 2 rings (SSSR count). The Bertz CT molecular complexity index is 520. The van der Waals surface area contributed by atoms with Crippen molar-refractivity contribution in [3.05, 3.63) is 42.0 Å². The summed E-state index contributed by atoms with van der Waals surface area (Å²) in [5.74, 6) is 0.987. The fourth-order valence-electron chi connectivity index (χ4n) is 2.43. The molecule has 0 fully saturated rings. The highest BCUT2D eigenvalue weighted by Gasteiger charge is 2.05. The zero-order valence-electron chi connectivity index (χ0n) is 11.6. The normalized spacial score (nSPS) is 10.8. The average Bonchev–Trinajstić information content (AvgIpc) is 2.46. The molecule has 0 unspecified atom stereocenters. The van der Waals surface area contributed by atoms with Crippen molar-refractivity contribution in [2.24, 2.45) is 0 Å². The van der Waals surface area contributed by atoms with E-state index in [1.165, 1.54) is 16.3 Å². The first-order chi connectivity index (χ1) is 9.35. The van der Waals surface area contributed by atoms with Gasteiger partial charge in [-0.3, -0.25) is 0 Å². The molecular weight excluding hydrogens is 236 g/mol. The van der Waals surface area contributed by atoms with Crippen LogP contribution in [0.3, 0.4) is 0 Å². The van der Waals surface area contributed by atoms with Crippen LogP contribution in [0.1, 0.15) is 31.2 Å². The number of ether oxygens (including phenoxy) is 1. The summed E-state index contributed by atoms with van der Waals surface area (Å²) in [6.07, 6.45) is 5.37. The van der Waals surface area contributed by atoms with Gasteiger partial charge in [-0.1, -0.05) is 37.1 Å². The number of benzene rings is 2. The Hall–Kier alpha value is -1.54. The van der Waals surface area contributed by atoms with Crippen molar-refractivity contribution in [3.8, 4) is 5.75 Å². The Kier molecular flexibility index (Phi) is 5.22. The van der Waals surface area contributed by atoms with Crippen LogP contribution < -0.4 is 4.74 Å². The molecule has 0 bridgehead atoms. The molecule has 0 aliphatic rings. The van der Waals surface area contributed by atoms with Gasteiger partial charge in [0, 0.05) is 6.61 Å². The minimum absolute atomic E-state index is 0.305. The van der Waals surface area contributed by atoms with E-state index in [-0.39, 0.29) is 0 Å². The van der Waals surface area contributed by atoms with Crippen molar-refractivity contribution in [3.63, 3.8) is 0 Å². The quantitative estimate of drug-likeness (QED) is 0.762. The van der Waals surface area contributed by atoms with Crippen LogP contribution in [0.2, 0.25) is 0 Å². The molecule has 1 N–H and O–H groups in total. The summed E-state index contributed by atoms with van der Waals surface area (Å²) in [6.45, 7) is 0.305. The molecule has 0 aliphatic carbocycles. The van der Waals surface area contributed by atoms with Crippen molar-refractivity contribution in [1.82, 2.24) is 0 Å². The Morgan fingerprint density at radius 1 is 0.947 bits per heavy atom. The number of aryl methyl sites for hydroxylation is 1. The minimum Gasteiger partial charge on any atom is -0.496 e. The van der Waals surface area contributed by atoms with E-state index < -0.39 is 0 Å². The zero-order chi connectivity index (χ0) is 13.5. The van der Waals surface area contributed by atoms with Crippen LogP contribution in [-0.4, -0.2) is 18.8 Å². The Balaban J connectivity index is 2.08. The predicted octanol–water partition coefficient (Wildman–Crippen LogP) is 3.94. The van der Waals surface area contributed by atoms with Gasteiger partial charge >= 0.3 is 0 Å². The van der Waals surface area contributed by atoms with Crippen LogP contribution in [0.25, 0.3) is 10.8 Å². The molecule has 2 heteroatoms. The second-order valence-electron chi connectivity index (χ2n) is 4.90. The Morgan fingerprint density at radius 3 is 2.32 bits per heavy atom. The number of aliphatic hydroxyl groups is 1. The maximum atomic E-state index is 8.76. The SMILES string of the molecule is COc1cc2ccccc2cc1CCCCCCO. The first-order valence-electron chi connectivity index (χ1n) is 7.01. The van der Waals surface area contributed by atoms with Crippen LogP contribution in [-0.2, 0) is 6.42 Å². The van der Waals surface area contributed by atoms with E-state index in [0.29, 0.717) is 6.61 Å². The third kappa shape index (κ3) is 3.71. The highest BCUT2D eigenvalue weighted by Crippen LogP contribution is 2.27. The summed E-state index contributed by atoms with van der Waals surface area (Å²) in [7, 11) is 1.74. The van der Waals surface area contributed by atoms with Crippen molar-refractivity contribution < 1.29 is 9.84 Å². The van der Waals surface area contributed by atoms with Crippen molar-refractivity contribution >= 4 is 10.8 Å². The zero-order valence-corrected chi connectivity index (χ0v) is 11.6. The summed E-state index contributed by atoms with van der Waals surface area (Å²) in [4.78, 5) is 0. The summed E-state index contributed by atoms with van der Waals surface area (Å²) >= 11 is 0. The van der Waals surface area contributed by atoms with Gasteiger partial charge in [-0.25, -0.2) is 0 Å². The third-order valence-electron chi connectivity index (χ3n) is 3.50. The van der Waals surface area contributed by atoms with Crippen molar-refractivity contribution in [2.45, 2.75) is 32.1 Å². The molecule has 2 nitrogen and oxygen atoms in total. The molecule has 0 spiro atoms. The van der Waals surface area contributed by atoms with Crippen LogP contribution in [0, 0.1) is 0 Å². The number of rotatable bonds is 7. The Labute approximate surface area is 115 Å². The molecule has 2 aromatic carbocycles. The molecule has 0 heterocycles. The molecule has 2 aromatic rings. The van der Waals surface area contributed by atoms with Gasteiger partial charge in [0.05, 0.1) is 7.11 Å². The number of hydrogen-bond acceptors (Lipinski definition) is 2. The Morgan fingerprint density at radius 2 is 1.63 bits per heavy atom. The van der Waals surface area contributed by atoms with Crippen LogP contribution in [0.5, 0.6) is 5.75 Å². The number of hydrogen-bond donors (Lipinski definition) is 1. The molecular formula is C17H22O2. The molecule has 0 amide bonds. The lowest BCUT2D eigenvalue weighted by atomic mass is 10.0. The second kappa shape index (κ2) is 7.15. The van der Waals surface area contributed by atoms with Crippen LogP contribution in [0.15, 0.2) is 36.4 Å². The number of methoxy groups -OCH3 is 1. The van der Waals surface area contributed by atoms with E-state index in [1.807, 2.05) is 0 Å². The molecule has 0 saturated heterocycles. The van der Waals surface area contributed by atoms with Gasteiger partial charge in [-0.2, -0.15) is 0 Å². The van der Waals surface area contributed by atoms with E-state index >= 15 is 0 Å². The molecule has 102 valence electrons. The first kappa shape index (κ1) is 13.9. The van der Waals surface area contributed by atoms with Gasteiger partial charge in [0.15, 0.2) is 0 Å². The van der Waals surface area contributed by atoms with Crippen molar-refractivity contribution in [1.29, 1.82) is 0 Å². The highest BCUT2D eigenvalue weighted by molar-refractivity contribution is 5.85.